The summed E-state index contributed by atoms with van der Waals surface area (Å²) >= 11 is 3.17. The van der Waals surface area contributed by atoms with Crippen molar-refractivity contribution >= 4 is 34.1 Å². The van der Waals surface area contributed by atoms with Gasteiger partial charge in [0.15, 0.2) is 5.13 Å². The minimum atomic E-state index is -0.00283. The Morgan fingerprint density at radius 1 is 1.08 bits per heavy atom. The minimum Gasteiger partial charge on any atom is -0.301 e. The van der Waals surface area contributed by atoms with Gasteiger partial charge < -0.3 is 5.32 Å². The Labute approximate surface area is 156 Å². The summed E-state index contributed by atoms with van der Waals surface area (Å²) < 4.78 is 0. The Balaban J connectivity index is 1.59. The fourth-order valence-electron chi connectivity index (χ4n) is 2.46. The molecule has 128 valence electrons. The lowest BCUT2D eigenvalue weighted by atomic mass is 10.1. The normalized spacial score (nSPS) is 10.6. The molecular formula is C20H20N2OS2. The third-order valence-electron chi connectivity index (χ3n) is 3.66. The number of thioether (sulfide) groups is 1. The average Bonchev–Trinajstić information content (AvgIpc) is 3.06. The summed E-state index contributed by atoms with van der Waals surface area (Å²) in [4.78, 5) is 18.0. The summed E-state index contributed by atoms with van der Waals surface area (Å²) in [5.74, 6) is 1.26. The molecule has 0 unspecified atom stereocenters. The molecule has 0 aliphatic heterocycles. The molecule has 0 fully saturated rings. The van der Waals surface area contributed by atoms with E-state index < -0.39 is 0 Å². The van der Waals surface area contributed by atoms with Crippen molar-refractivity contribution in [3.63, 3.8) is 0 Å². The lowest BCUT2D eigenvalue weighted by Crippen LogP contribution is -2.13. The lowest BCUT2D eigenvalue weighted by Gasteiger charge is -2.02. The van der Waals surface area contributed by atoms with Crippen molar-refractivity contribution in [1.82, 2.24) is 4.98 Å². The number of carbonyl (C=O) groups excluding carboxylic acids is 1. The van der Waals surface area contributed by atoms with Crippen LogP contribution < -0.4 is 5.32 Å². The first-order valence-corrected chi connectivity index (χ1v) is 10.2. The molecule has 0 spiro atoms. The van der Waals surface area contributed by atoms with Gasteiger partial charge in [0, 0.05) is 16.2 Å². The van der Waals surface area contributed by atoms with E-state index in [0.29, 0.717) is 10.9 Å². The standard InChI is InChI=1S/C20H20N2OS2/c1-2-17-19(16-11-7-4-8-12-16)22-20(25-17)21-18(23)14-24-13-15-9-5-3-6-10-15/h3-12H,2,13-14H2,1H3,(H,21,22,23). The summed E-state index contributed by atoms with van der Waals surface area (Å²) in [5, 5.41) is 3.62. The molecule has 0 saturated heterocycles. The van der Waals surface area contributed by atoms with Gasteiger partial charge in [0.05, 0.1) is 11.4 Å². The second-order valence-electron chi connectivity index (χ2n) is 5.54. The number of thiazole rings is 1. The first kappa shape index (κ1) is 17.7. The monoisotopic (exact) mass is 368 g/mol. The molecular weight excluding hydrogens is 348 g/mol. The van der Waals surface area contributed by atoms with Gasteiger partial charge >= 0.3 is 0 Å². The van der Waals surface area contributed by atoms with E-state index in [0.717, 1.165) is 23.4 Å². The van der Waals surface area contributed by atoms with Crippen LogP contribution in [0.3, 0.4) is 0 Å². The number of nitrogens with one attached hydrogen (secondary N) is 1. The fraction of sp³-hybridized carbons (Fsp3) is 0.200. The second-order valence-corrected chi connectivity index (χ2v) is 7.61. The molecule has 3 nitrogen and oxygen atoms in total. The van der Waals surface area contributed by atoms with E-state index in [9.17, 15) is 4.79 Å². The molecule has 5 heteroatoms. The van der Waals surface area contributed by atoms with Gasteiger partial charge in [-0.1, -0.05) is 67.6 Å². The Morgan fingerprint density at radius 2 is 1.76 bits per heavy atom. The number of aryl methyl sites for hydroxylation is 1. The second kappa shape index (κ2) is 8.83. The number of benzene rings is 2. The van der Waals surface area contributed by atoms with Crippen LogP contribution in [0.1, 0.15) is 17.4 Å². The van der Waals surface area contributed by atoms with Crippen LogP contribution in [-0.4, -0.2) is 16.6 Å². The fourth-order valence-corrected chi connectivity index (χ4v) is 4.19. The van der Waals surface area contributed by atoms with Crippen LogP contribution in [0.2, 0.25) is 0 Å². The maximum atomic E-state index is 12.2. The molecule has 0 bridgehead atoms. The third-order valence-corrected chi connectivity index (χ3v) is 5.78. The molecule has 2 aromatic carbocycles. The van der Waals surface area contributed by atoms with Crippen LogP contribution in [0, 0.1) is 0 Å². The van der Waals surface area contributed by atoms with Gasteiger partial charge in [-0.25, -0.2) is 4.98 Å². The number of aromatic nitrogens is 1. The highest BCUT2D eigenvalue weighted by Gasteiger charge is 2.13. The molecule has 0 radical (unpaired) electrons. The zero-order chi connectivity index (χ0) is 17.5. The van der Waals surface area contributed by atoms with Crippen LogP contribution in [0.4, 0.5) is 5.13 Å². The number of amides is 1. The quantitative estimate of drug-likeness (QED) is 0.620. The number of hydrogen-bond donors (Lipinski definition) is 1. The first-order valence-electron chi connectivity index (χ1n) is 8.23. The molecule has 3 rings (SSSR count). The zero-order valence-corrected chi connectivity index (χ0v) is 15.7. The summed E-state index contributed by atoms with van der Waals surface area (Å²) in [6.07, 6.45) is 0.903. The van der Waals surface area contributed by atoms with E-state index in [4.69, 9.17) is 0 Å². The van der Waals surface area contributed by atoms with Gasteiger partial charge in [0.2, 0.25) is 5.91 Å². The van der Waals surface area contributed by atoms with Gasteiger partial charge in [-0.15, -0.1) is 23.1 Å². The van der Waals surface area contributed by atoms with Crippen molar-refractivity contribution in [2.45, 2.75) is 19.1 Å². The van der Waals surface area contributed by atoms with E-state index in [2.05, 4.69) is 41.5 Å². The third kappa shape index (κ3) is 4.94. The van der Waals surface area contributed by atoms with Crippen molar-refractivity contribution in [2.75, 3.05) is 11.1 Å². The molecule has 1 aromatic heterocycles. The Kier molecular flexibility index (Phi) is 6.25. The summed E-state index contributed by atoms with van der Waals surface area (Å²) in [5.41, 5.74) is 3.30. The van der Waals surface area contributed by atoms with Gasteiger partial charge in [-0.2, -0.15) is 0 Å². The molecule has 3 aromatic rings. The first-order chi connectivity index (χ1) is 12.3. The van der Waals surface area contributed by atoms with Crippen molar-refractivity contribution in [3.05, 3.63) is 71.1 Å². The van der Waals surface area contributed by atoms with E-state index in [1.807, 2.05) is 36.4 Å². The van der Waals surface area contributed by atoms with Gasteiger partial charge in [-0.05, 0) is 12.0 Å². The van der Waals surface area contributed by atoms with E-state index in [1.54, 1.807) is 23.1 Å². The molecule has 0 atom stereocenters. The van der Waals surface area contributed by atoms with E-state index in [1.165, 1.54) is 10.4 Å². The van der Waals surface area contributed by atoms with Crippen molar-refractivity contribution in [1.29, 1.82) is 0 Å². The number of anilines is 1. The molecule has 1 amide bonds. The van der Waals surface area contributed by atoms with Crippen LogP contribution in [-0.2, 0) is 17.0 Å². The predicted octanol–water partition coefficient (Wildman–Crippen LogP) is 5.24. The van der Waals surface area contributed by atoms with Crippen LogP contribution >= 0.6 is 23.1 Å². The predicted molar refractivity (Wildman–Crippen MR) is 108 cm³/mol. The maximum Gasteiger partial charge on any atom is 0.236 e. The van der Waals surface area contributed by atoms with Crippen molar-refractivity contribution < 1.29 is 4.79 Å². The topological polar surface area (TPSA) is 42.0 Å². The highest BCUT2D eigenvalue weighted by atomic mass is 32.2. The van der Waals surface area contributed by atoms with Gasteiger partial charge in [0.1, 0.15) is 0 Å². The lowest BCUT2D eigenvalue weighted by molar-refractivity contribution is -0.113. The molecule has 0 aliphatic rings. The van der Waals surface area contributed by atoms with Crippen molar-refractivity contribution in [3.8, 4) is 11.3 Å². The SMILES string of the molecule is CCc1sc(NC(=O)CSCc2ccccc2)nc1-c1ccccc1. The van der Waals surface area contributed by atoms with Crippen LogP contribution in [0.15, 0.2) is 60.7 Å². The molecule has 25 heavy (non-hydrogen) atoms. The maximum absolute atomic E-state index is 12.2. The molecule has 0 saturated carbocycles. The number of rotatable bonds is 7. The van der Waals surface area contributed by atoms with E-state index >= 15 is 0 Å². The highest BCUT2D eigenvalue weighted by Crippen LogP contribution is 2.31. The van der Waals surface area contributed by atoms with Crippen LogP contribution in [0.25, 0.3) is 11.3 Å². The molecule has 1 N–H and O–H groups in total. The number of nitrogens with zero attached hydrogens (tertiary/aromatic N) is 1. The van der Waals surface area contributed by atoms with Crippen molar-refractivity contribution in [2.24, 2.45) is 0 Å². The van der Waals surface area contributed by atoms with Gasteiger partial charge in [0.25, 0.3) is 0 Å². The van der Waals surface area contributed by atoms with E-state index in [-0.39, 0.29) is 5.91 Å². The molecule has 0 aliphatic carbocycles. The molecule has 1 heterocycles. The summed E-state index contributed by atoms with van der Waals surface area (Å²) in [7, 11) is 0. The smallest absolute Gasteiger partial charge is 0.236 e. The Bertz CT molecular complexity index is 816. The summed E-state index contributed by atoms with van der Waals surface area (Å²) in [6, 6.07) is 20.3. The highest BCUT2D eigenvalue weighted by molar-refractivity contribution is 7.99. The Hall–Kier alpha value is -2.11. The van der Waals surface area contributed by atoms with Gasteiger partial charge in [-0.3, -0.25) is 4.79 Å². The largest absolute Gasteiger partial charge is 0.301 e. The Morgan fingerprint density at radius 3 is 2.44 bits per heavy atom. The zero-order valence-electron chi connectivity index (χ0n) is 14.1. The summed E-state index contributed by atoms with van der Waals surface area (Å²) in [6.45, 7) is 2.11. The average molecular weight is 369 g/mol. The van der Waals surface area contributed by atoms with Crippen LogP contribution in [0.5, 0.6) is 0 Å². The minimum absolute atomic E-state index is 0.00283. The number of carbonyl (C=O) groups is 1. The number of hydrogen-bond acceptors (Lipinski definition) is 4.